The molecule has 4 nitrogen and oxygen atoms in total. The minimum atomic E-state index is -0.556. The van der Waals surface area contributed by atoms with Crippen LogP contribution in [0.1, 0.15) is 79.3 Å². The van der Waals surface area contributed by atoms with E-state index in [9.17, 15) is 5.26 Å². The van der Waals surface area contributed by atoms with E-state index in [0.717, 1.165) is 34.4 Å². The zero-order chi connectivity index (χ0) is 37.9. The van der Waals surface area contributed by atoms with E-state index < -0.39 is 5.41 Å². The molecule has 10 rings (SSSR count). The van der Waals surface area contributed by atoms with Crippen LogP contribution in [-0.4, -0.2) is 15.0 Å². The highest BCUT2D eigenvalue weighted by Gasteiger charge is 2.48. The van der Waals surface area contributed by atoms with Gasteiger partial charge in [-0.1, -0.05) is 135 Å². The number of aromatic nitrogens is 3. The second-order valence-electron chi connectivity index (χ2n) is 16.9. The number of benzene rings is 6. The molecule has 0 spiro atoms. The molecular formula is C52H44N4. The van der Waals surface area contributed by atoms with E-state index in [4.69, 9.17) is 15.0 Å². The molecule has 1 heterocycles. The van der Waals surface area contributed by atoms with Crippen LogP contribution >= 0.6 is 0 Å². The van der Waals surface area contributed by atoms with E-state index >= 15 is 0 Å². The first-order valence-corrected chi connectivity index (χ1v) is 20.1. The van der Waals surface area contributed by atoms with Gasteiger partial charge < -0.3 is 0 Å². The predicted octanol–water partition coefficient (Wildman–Crippen LogP) is 12.2. The highest BCUT2D eigenvalue weighted by molar-refractivity contribution is 5.88. The van der Waals surface area contributed by atoms with Gasteiger partial charge >= 0.3 is 0 Å². The van der Waals surface area contributed by atoms with Crippen molar-refractivity contribution in [2.24, 2.45) is 17.8 Å². The third-order valence-electron chi connectivity index (χ3n) is 13.1. The van der Waals surface area contributed by atoms with E-state index in [1.54, 1.807) is 0 Å². The molecule has 0 amide bonds. The molecule has 2 saturated carbocycles. The summed E-state index contributed by atoms with van der Waals surface area (Å²) in [7, 11) is 0. The van der Waals surface area contributed by atoms with Crippen LogP contribution in [0.5, 0.6) is 0 Å². The van der Waals surface area contributed by atoms with Crippen LogP contribution in [0.25, 0.3) is 45.3 Å². The van der Waals surface area contributed by atoms with E-state index in [0.29, 0.717) is 23.0 Å². The van der Waals surface area contributed by atoms with Crippen LogP contribution in [0.4, 0.5) is 0 Å². The maximum atomic E-state index is 9.48. The molecule has 3 aliphatic carbocycles. The summed E-state index contributed by atoms with van der Waals surface area (Å²) in [4.78, 5) is 15.2. The molecule has 56 heavy (non-hydrogen) atoms. The number of fused-ring (bicyclic) bond motifs is 5. The number of hydrogen-bond acceptors (Lipinski definition) is 4. The van der Waals surface area contributed by atoms with Gasteiger partial charge in [0.05, 0.1) is 17.0 Å². The average molecular weight is 725 g/mol. The number of hydrogen-bond donors (Lipinski definition) is 0. The van der Waals surface area contributed by atoms with Crippen LogP contribution in [0.15, 0.2) is 152 Å². The first kappa shape index (κ1) is 34.3. The highest BCUT2D eigenvalue weighted by Crippen LogP contribution is 2.59. The first-order valence-electron chi connectivity index (χ1n) is 20.1. The van der Waals surface area contributed by atoms with Crippen LogP contribution < -0.4 is 0 Å². The fourth-order valence-electron chi connectivity index (χ4n) is 10.9. The predicted molar refractivity (Wildman–Crippen MR) is 225 cm³/mol. The van der Waals surface area contributed by atoms with E-state index in [2.05, 4.69) is 117 Å². The minimum absolute atomic E-state index is 0.141. The van der Waals surface area contributed by atoms with Gasteiger partial charge in [-0.2, -0.15) is 5.26 Å². The lowest BCUT2D eigenvalue weighted by Crippen LogP contribution is -2.39. The Bertz CT molecular complexity index is 2550. The Balaban J connectivity index is 1.19. The summed E-state index contributed by atoms with van der Waals surface area (Å²) in [5, 5.41) is 9.48. The lowest BCUT2D eigenvalue weighted by molar-refractivity contribution is 0.0898. The second-order valence-corrected chi connectivity index (χ2v) is 16.9. The van der Waals surface area contributed by atoms with Crippen molar-refractivity contribution in [3.05, 3.63) is 185 Å². The SMILES string of the molecule is CC1C[C@@H]2C[C@H](C1)CC(C)(c1ccc3c(c1)C(c1ccccc1)(c1ccccc1)c1cc(-c4nc(-c5ccccc5)nc(-c5ccc(C#N)cc5)n4)ccc1-3)C2. The van der Waals surface area contributed by atoms with Gasteiger partial charge in [-0.05, 0) is 125 Å². The van der Waals surface area contributed by atoms with Gasteiger partial charge in [-0.15, -0.1) is 0 Å². The maximum Gasteiger partial charge on any atom is 0.164 e. The summed E-state index contributed by atoms with van der Waals surface area (Å²) >= 11 is 0. The van der Waals surface area contributed by atoms with Crippen LogP contribution in [0.3, 0.4) is 0 Å². The Kier molecular flexibility index (Phi) is 8.29. The van der Waals surface area contributed by atoms with Gasteiger partial charge in [-0.25, -0.2) is 15.0 Å². The summed E-state index contributed by atoms with van der Waals surface area (Å²) in [6, 6.07) is 56.3. The van der Waals surface area contributed by atoms with Gasteiger partial charge in [0.15, 0.2) is 17.5 Å². The largest absolute Gasteiger partial charge is 0.208 e. The lowest BCUT2D eigenvalue weighted by Gasteiger charge is -2.48. The van der Waals surface area contributed by atoms with Crippen molar-refractivity contribution in [1.82, 2.24) is 15.0 Å². The third kappa shape index (κ3) is 5.68. The minimum Gasteiger partial charge on any atom is -0.208 e. The molecule has 0 radical (unpaired) electrons. The van der Waals surface area contributed by atoms with Crippen molar-refractivity contribution in [1.29, 1.82) is 5.26 Å². The van der Waals surface area contributed by atoms with Crippen molar-refractivity contribution in [3.8, 4) is 51.4 Å². The molecule has 2 bridgehead atoms. The molecule has 0 saturated heterocycles. The van der Waals surface area contributed by atoms with Crippen LogP contribution in [0, 0.1) is 29.1 Å². The lowest BCUT2D eigenvalue weighted by atomic mass is 9.57. The van der Waals surface area contributed by atoms with Crippen molar-refractivity contribution in [2.75, 3.05) is 0 Å². The summed E-state index contributed by atoms with van der Waals surface area (Å²) < 4.78 is 0. The molecular weight excluding hydrogens is 681 g/mol. The van der Waals surface area contributed by atoms with Gasteiger partial charge in [0.25, 0.3) is 0 Å². The Morgan fingerprint density at radius 3 is 1.57 bits per heavy atom. The van der Waals surface area contributed by atoms with Crippen molar-refractivity contribution in [3.63, 3.8) is 0 Å². The maximum absolute atomic E-state index is 9.48. The summed E-state index contributed by atoms with van der Waals surface area (Å²) in [6.07, 6.45) is 6.64. The smallest absolute Gasteiger partial charge is 0.164 e. The monoisotopic (exact) mass is 724 g/mol. The molecule has 3 aliphatic rings. The zero-order valence-corrected chi connectivity index (χ0v) is 32.0. The number of nitriles is 1. The van der Waals surface area contributed by atoms with E-state index in [1.807, 2.05) is 54.6 Å². The Morgan fingerprint density at radius 2 is 1.00 bits per heavy atom. The van der Waals surface area contributed by atoms with Gasteiger partial charge in [0, 0.05) is 16.7 Å². The molecule has 0 aliphatic heterocycles. The quantitative estimate of drug-likeness (QED) is 0.171. The Morgan fingerprint density at radius 1 is 0.518 bits per heavy atom. The number of rotatable bonds is 6. The third-order valence-corrected chi connectivity index (χ3v) is 13.1. The van der Waals surface area contributed by atoms with Crippen LogP contribution in [-0.2, 0) is 10.8 Å². The van der Waals surface area contributed by atoms with Crippen LogP contribution in [0.2, 0.25) is 0 Å². The number of nitrogens with zero attached hydrogens (tertiary/aromatic N) is 4. The fraction of sp³-hybridized carbons (Fsp3) is 0.231. The topological polar surface area (TPSA) is 62.5 Å². The average Bonchev–Trinajstić information content (AvgIpc) is 3.54. The van der Waals surface area contributed by atoms with Crippen molar-refractivity contribution in [2.45, 2.75) is 56.8 Å². The second kappa shape index (κ2) is 13.5. The molecule has 0 N–H and O–H groups in total. The van der Waals surface area contributed by atoms with Crippen molar-refractivity contribution < 1.29 is 0 Å². The molecule has 6 aromatic carbocycles. The van der Waals surface area contributed by atoms with Gasteiger partial charge in [-0.3, -0.25) is 0 Å². The highest BCUT2D eigenvalue weighted by atomic mass is 15.0. The molecule has 4 heteroatoms. The van der Waals surface area contributed by atoms with E-state index in [1.165, 1.54) is 71.0 Å². The summed E-state index contributed by atoms with van der Waals surface area (Å²) in [6.45, 7) is 5.01. The standard InChI is InChI=1S/C52H44N4/c1-34-26-36-28-37(27-34)32-51(2,31-36)43-23-25-45-44-24-22-40(29-46(44)52(47(45)30-43,41-14-8-4-9-15-41)42-16-10-5-11-17-42)50-55-48(38-12-6-3-7-13-38)54-49(56-50)39-20-18-35(33-53)19-21-39/h3-25,29-30,34,36-37H,26-28,31-32H2,1-2H3/t34?,36-,37+,51?. The zero-order valence-electron chi connectivity index (χ0n) is 32.0. The summed E-state index contributed by atoms with van der Waals surface area (Å²) in [5.74, 6) is 4.25. The first-order chi connectivity index (χ1) is 27.4. The van der Waals surface area contributed by atoms with E-state index in [-0.39, 0.29) is 5.41 Å². The molecule has 1 aromatic heterocycles. The molecule has 4 atom stereocenters. The molecule has 2 fully saturated rings. The van der Waals surface area contributed by atoms with Gasteiger partial charge in [0.2, 0.25) is 0 Å². The fourth-order valence-corrected chi connectivity index (χ4v) is 10.9. The Labute approximate surface area is 330 Å². The molecule has 7 aromatic rings. The normalized spacial score (nSPS) is 21.8. The van der Waals surface area contributed by atoms with Gasteiger partial charge in [0.1, 0.15) is 0 Å². The molecule has 2 unspecified atom stereocenters. The molecule has 272 valence electrons. The van der Waals surface area contributed by atoms with Crippen molar-refractivity contribution >= 4 is 0 Å². The summed E-state index contributed by atoms with van der Waals surface area (Å²) in [5.41, 5.74) is 12.0. The Hall–Kier alpha value is -6.18.